The van der Waals surface area contributed by atoms with Gasteiger partial charge in [-0.25, -0.2) is 0 Å². The van der Waals surface area contributed by atoms with Crippen LogP contribution >= 0.6 is 27.3 Å². The van der Waals surface area contributed by atoms with Crippen LogP contribution in [0, 0.1) is 6.92 Å². The number of nitrogens with one attached hydrogen (secondary N) is 1. The predicted octanol–water partition coefficient (Wildman–Crippen LogP) is 3.84. The molecule has 0 saturated carbocycles. The molecule has 0 aromatic carbocycles. The molecule has 3 nitrogen and oxygen atoms in total. The van der Waals surface area contributed by atoms with Gasteiger partial charge in [0.15, 0.2) is 0 Å². The second-order valence-electron chi connectivity index (χ2n) is 4.75. The summed E-state index contributed by atoms with van der Waals surface area (Å²) in [5, 5.41) is 10.1. The van der Waals surface area contributed by atoms with E-state index in [0.717, 1.165) is 19.4 Å². The second kappa shape index (κ2) is 6.68. The van der Waals surface area contributed by atoms with Crippen LogP contribution in [0.5, 0.6) is 0 Å². The molecule has 0 amide bonds. The van der Waals surface area contributed by atoms with E-state index in [1.165, 1.54) is 20.6 Å². The third kappa shape index (κ3) is 3.68. The fourth-order valence-corrected chi connectivity index (χ4v) is 3.63. The molecule has 0 saturated heterocycles. The molecule has 2 rings (SSSR count). The van der Waals surface area contributed by atoms with Gasteiger partial charge in [0.05, 0.1) is 6.20 Å². The number of nitrogens with zero attached hydrogens (tertiary/aromatic N) is 2. The van der Waals surface area contributed by atoms with Crippen molar-refractivity contribution in [1.29, 1.82) is 0 Å². The van der Waals surface area contributed by atoms with Gasteiger partial charge in [-0.3, -0.25) is 4.68 Å². The van der Waals surface area contributed by atoms with Crippen LogP contribution in [0.4, 0.5) is 0 Å². The zero-order valence-electron chi connectivity index (χ0n) is 11.6. The summed E-state index contributed by atoms with van der Waals surface area (Å²) >= 11 is 5.33. The average Bonchev–Trinajstić information content (AvgIpc) is 2.93. The van der Waals surface area contributed by atoms with Crippen LogP contribution in [0.25, 0.3) is 0 Å². The van der Waals surface area contributed by atoms with Crippen molar-refractivity contribution < 1.29 is 0 Å². The van der Waals surface area contributed by atoms with E-state index in [1.807, 2.05) is 17.9 Å². The van der Waals surface area contributed by atoms with Crippen molar-refractivity contribution in [2.75, 3.05) is 6.54 Å². The third-order valence-electron chi connectivity index (χ3n) is 3.32. The lowest BCUT2D eigenvalue weighted by atomic mass is 10.0. The summed E-state index contributed by atoms with van der Waals surface area (Å²) in [4.78, 5) is 1.39. The molecule has 0 bridgehead atoms. The van der Waals surface area contributed by atoms with Crippen molar-refractivity contribution in [1.82, 2.24) is 15.1 Å². The van der Waals surface area contributed by atoms with Crippen molar-refractivity contribution in [3.8, 4) is 0 Å². The lowest BCUT2D eigenvalue weighted by Crippen LogP contribution is -2.24. The van der Waals surface area contributed by atoms with Crippen LogP contribution in [0.2, 0.25) is 0 Å². The number of aromatic nitrogens is 2. The predicted molar refractivity (Wildman–Crippen MR) is 84.7 cm³/mol. The summed E-state index contributed by atoms with van der Waals surface area (Å²) < 4.78 is 3.12. The number of aryl methyl sites for hydroxylation is 1. The highest BCUT2D eigenvalue weighted by Crippen LogP contribution is 2.26. The van der Waals surface area contributed by atoms with Crippen molar-refractivity contribution >= 4 is 27.3 Å². The third-order valence-corrected chi connectivity index (χ3v) is 5.04. The highest BCUT2D eigenvalue weighted by atomic mass is 79.9. The first kappa shape index (κ1) is 14.8. The van der Waals surface area contributed by atoms with Gasteiger partial charge in [-0.05, 0) is 41.9 Å². The molecule has 0 fully saturated rings. The van der Waals surface area contributed by atoms with Gasteiger partial charge in [0, 0.05) is 45.5 Å². The maximum absolute atomic E-state index is 4.36. The minimum atomic E-state index is 0.346. The fourth-order valence-electron chi connectivity index (χ4n) is 2.13. The Balaban J connectivity index is 2.18. The van der Waals surface area contributed by atoms with Crippen LogP contribution in [0.3, 0.4) is 0 Å². The van der Waals surface area contributed by atoms with Crippen LogP contribution in [0.1, 0.15) is 35.5 Å². The smallest absolute Gasteiger partial charge is 0.0540 e. The molecule has 1 N–H and O–H groups in total. The van der Waals surface area contributed by atoms with E-state index < -0.39 is 0 Å². The van der Waals surface area contributed by atoms with Crippen LogP contribution < -0.4 is 5.32 Å². The van der Waals surface area contributed by atoms with Gasteiger partial charge in [0.1, 0.15) is 0 Å². The number of hydrogen-bond donors (Lipinski definition) is 1. The second-order valence-corrected chi connectivity index (χ2v) is 6.66. The SMILES string of the molecule is CCCNC(Cc1cc(Br)cs1)c1cnn(C)c1C. The van der Waals surface area contributed by atoms with Gasteiger partial charge in [0.25, 0.3) is 0 Å². The summed E-state index contributed by atoms with van der Waals surface area (Å²) in [6, 6.07) is 2.55. The summed E-state index contributed by atoms with van der Waals surface area (Å²) in [7, 11) is 2.00. The van der Waals surface area contributed by atoms with Gasteiger partial charge < -0.3 is 5.32 Å². The van der Waals surface area contributed by atoms with Crippen molar-refractivity contribution in [3.63, 3.8) is 0 Å². The lowest BCUT2D eigenvalue weighted by molar-refractivity contribution is 0.529. The normalized spacial score (nSPS) is 12.8. The Morgan fingerprint density at radius 3 is 2.84 bits per heavy atom. The van der Waals surface area contributed by atoms with E-state index in [1.54, 1.807) is 11.3 Å². The monoisotopic (exact) mass is 341 g/mol. The van der Waals surface area contributed by atoms with Gasteiger partial charge in [-0.1, -0.05) is 6.92 Å². The van der Waals surface area contributed by atoms with Crippen molar-refractivity contribution in [2.45, 2.75) is 32.7 Å². The first-order valence-corrected chi connectivity index (χ1v) is 8.23. The van der Waals surface area contributed by atoms with Gasteiger partial charge in [-0.2, -0.15) is 5.10 Å². The van der Waals surface area contributed by atoms with Gasteiger partial charge >= 0.3 is 0 Å². The van der Waals surface area contributed by atoms with Crippen LogP contribution in [-0.4, -0.2) is 16.3 Å². The van der Waals surface area contributed by atoms with E-state index >= 15 is 0 Å². The zero-order valence-corrected chi connectivity index (χ0v) is 14.0. The molecule has 5 heteroatoms. The number of thiophene rings is 1. The molecule has 104 valence electrons. The van der Waals surface area contributed by atoms with Gasteiger partial charge in [-0.15, -0.1) is 11.3 Å². The molecule has 0 aliphatic heterocycles. The van der Waals surface area contributed by atoms with Crippen molar-refractivity contribution in [2.24, 2.45) is 7.05 Å². The Labute approximate surface area is 127 Å². The van der Waals surface area contributed by atoms with Crippen LogP contribution in [-0.2, 0) is 13.5 Å². The molecular weight excluding hydrogens is 322 g/mol. The Kier molecular flexibility index (Phi) is 5.19. The van der Waals surface area contributed by atoms with E-state index in [-0.39, 0.29) is 0 Å². The van der Waals surface area contributed by atoms with E-state index in [0.29, 0.717) is 6.04 Å². The molecule has 1 atom stereocenters. The average molecular weight is 342 g/mol. The molecule has 0 aliphatic carbocycles. The standard InChI is InChI=1S/C14H20BrN3S/c1-4-5-16-14(7-12-6-11(15)9-19-12)13-8-17-18(3)10(13)2/h6,8-9,14,16H,4-5,7H2,1-3H3. The summed E-state index contributed by atoms with van der Waals surface area (Å²) in [6.45, 7) is 5.36. The van der Waals surface area contributed by atoms with Crippen molar-refractivity contribution in [3.05, 3.63) is 38.3 Å². The zero-order chi connectivity index (χ0) is 13.8. The largest absolute Gasteiger partial charge is 0.310 e. The molecule has 2 aromatic heterocycles. The number of halogens is 1. The highest BCUT2D eigenvalue weighted by molar-refractivity contribution is 9.10. The summed E-state index contributed by atoms with van der Waals surface area (Å²) in [5.41, 5.74) is 2.55. The molecule has 0 spiro atoms. The maximum Gasteiger partial charge on any atom is 0.0540 e. The quantitative estimate of drug-likeness (QED) is 0.865. The molecule has 0 radical (unpaired) electrons. The molecule has 19 heavy (non-hydrogen) atoms. The minimum absolute atomic E-state index is 0.346. The molecule has 2 aromatic rings. The van der Waals surface area contributed by atoms with Gasteiger partial charge in [0.2, 0.25) is 0 Å². The number of rotatable bonds is 6. The Morgan fingerprint density at radius 2 is 2.32 bits per heavy atom. The molecule has 0 aliphatic rings. The highest BCUT2D eigenvalue weighted by Gasteiger charge is 2.17. The molecule has 1 unspecified atom stereocenters. The Morgan fingerprint density at radius 1 is 1.53 bits per heavy atom. The van der Waals surface area contributed by atoms with Crippen LogP contribution in [0.15, 0.2) is 22.1 Å². The Bertz CT molecular complexity index is 533. The molecular formula is C14H20BrN3S. The minimum Gasteiger partial charge on any atom is -0.310 e. The number of hydrogen-bond acceptors (Lipinski definition) is 3. The summed E-state index contributed by atoms with van der Waals surface area (Å²) in [5.74, 6) is 0. The summed E-state index contributed by atoms with van der Waals surface area (Å²) in [6.07, 6.45) is 4.15. The maximum atomic E-state index is 4.36. The van der Waals surface area contributed by atoms with E-state index in [2.05, 4.69) is 51.6 Å². The van der Waals surface area contributed by atoms with E-state index in [4.69, 9.17) is 0 Å². The van der Waals surface area contributed by atoms with E-state index in [9.17, 15) is 0 Å². The fraction of sp³-hybridized carbons (Fsp3) is 0.500. The topological polar surface area (TPSA) is 29.9 Å². The Hall–Kier alpha value is -0.650. The lowest BCUT2D eigenvalue weighted by Gasteiger charge is -2.17. The molecule has 2 heterocycles. The first-order chi connectivity index (χ1) is 9.11. The first-order valence-electron chi connectivity index (χ1n) is 6.56.